The van der Waals surface area contributed by atoms with Crippen LogP contribution in [0.15, 0.2) is 26.1 Å². The van der Waals surface area contributed by atoms with E-state index < -0.39 is 18.4 Å². The minimum absolute atomic E-state index is 0.195. The summed E-state index contributed by atoms with van der Waals surface area (Å²) in [5, 5.41) is 10.5. The minimum atomic E-state index is -1.35. The lowest BCUT2D eigenvalue weighted by Crippen LogP contribution is -2.40. The molecule has 2 rings (SSSR count). The van der Waals surface area contributed by atoms with Crippen molar-refractivity contribution >= 4 is 62.2 Å². The van der Waals surface area contributed by atoms with Crippen LogP contribution >= 0.6 is 39.9 Å². The number of rotatable bonds is 3. The molecule has 5 nitrogen and oxygen atoms in total. The Kier molecular flexibility index (Phi) is 3.88. The maximum absolute atomic E-state index is 11.9. The number of carboxylic acid groups (broad SMARTS) is 1. The van der Waals surface area contributed by atoms with Gasteiger partial charge in [0, 0.05) is 6.08 Å². The molecule has 1 aliphatic rings. The molecule has 0 N–H and O–H groups in total. The van der Waals surface area contributed by atoms with Gasteiger partial charge in [-0.15, -0.1) is 0 Å². The van der Waals surface area contributed by atoms with Crippen molar-refractivity contribution in [2.24, 2.45) is 0 Å². The fraction of sp³-hybridized carbons (Fsp3) is 0.100. The molecule has 8 heteroatoms. The maximum atomic E-state index is 11.9. The van der Waals surface area contributed by atoms with Gasteiger partial charge in [0.15, 0.2) is 4.67 Å². The lowest BCUT2D eigenvalue weighted by atomic mass is 10.3. The van der Waals surface area contributed by atoms with Crippen molar-refractivity contribution < 1.29 is 19.1 Å². The number of hydrogen-bond donors (Lipinski definition) is 0. The number of furan rings is 1. The Hall–Kier alpha value is -1.12. The van der Waals surface area contributed by atoms with E-state index in [1.807, 2.05) is 0 Å². The first-order valence-electron chi connectivity index (χ1n) is 4.68. The van der Waals surface area contributed by atoms with Crippen LogP contribution in [-0.2, 0) is 9.59 Å². The van der Waals surface area contributed by atoms with Crippen LogP contribution in [0.2, 0.25) is 0 Å². The Morgan fingerprint density at radius 3 is 2.89 bits per heavy atom. The molecule has 0 radical (unpaired) electrons. The number of carbonyl (C=O) groups excluding carboxylic acids is 2. The van der Waals surface area contributed by atoms with Crippen molar-refractivity contribution in [1.29, 1.82) is 0 Å². The van der Waals surface area contributed by atoms with Gasteiger partial charge in [-0.2, -0.15) is 0 Å². The van der Waals surface area contributed by atoms with Gasteiger partial charge in [-0.05, 0) is 28.1 Å². The topological polar surface area (TPSA) is 73.6 Å². The van der Waals surface area contributed by atoms with Gasteiger partial charge in [-0.25, -0.2) is 0 Å². The molecule has 0 saturated carbocycles. The lowest BCUT2D eigenvalue weighted by Gasteiger charge is -2.14. The number of thioether (sulfide) groups is 1. The molecule has 18 heavy (non-hydrogen) atoms. The molecule has 0 unspecified atom stereocenters. The highest BCUT2D eigenvalue weighted by Crippen LogP contribution is 2.32. The lowest BCUT2D eigenvalue weighted by molar-refractivity contribution is -0.305. The fourth-order valence-corrected chi connectivity index (χ4v) is 2.85. The monoisotopic (exact) mass is 346 g/mol. The third-order valence-corrected chi connectivity index (χ3v) is 3.83. The second kappa shape index (κ2) is 5.25. The highest BCUT2D eigenvalue weighted by atomic mass is 79.9. The molecule has 1 fully saturated rings. The third kappa shape index (κ3) is 2.82. The predicted molar refractivity (Wildman–Crippen MR) is 71.3 cm³/mol. The van der Waals surface area contributed by atoms with Gasteiger partial charge in [0.05, 0.1) is 17.4 Å². The third-order valence-electron chi connectivity index (χ3n) is 2.03. The summed E-state index contributed by atoms with van der Waals surface area (Å²) < 4.78 is 5.97. The van der Waals surface area contributed by atoms with E-state index in [0.29, 0.717) is 15.3 Å². The Bertz CT molecular complexity index is 566. The molecule has 1 aromatic rings. The first kappa shape index (κ1) is 13.3. The van der Waals surface area contributed by atoms with Crippen molar-refractivity contribution in [1.82, 2.24) is 4.90 Å². The zero-order valence-corrected chi connectivity index (χ0v) is 11.9. The molecule has 1 aromatic heterocycles. The SMILES string of the molecule is O=C([O-])CN1C(=O)/C(=C/c2ccc(Br)o2)SC1=S. The largest absolute Gasteiger partial charge is 0.548 e. The molecule has 0 atom stereocenters. The Morgan fingerprint density at radius 1 is 1.61 bits per heavy atom. The molecule has 0 spiro atoms. The van der Waals surface area contributed by atoms with Crippen LogP contribution in [0, 0.1) is 0 Å². The van der Waals surface area contributed by atoms with Crippen LogP contribution in [-0.4, -0.2) is 27.6 Å². The summed E-state index contributed by atoms with van der Waals surface area (Å²) in [6.45, 7) is -0.538. The highest BCUT2D eigenvalue weighted by molar-refractivity contribution is 9.10. The van der Waals surface area contributed by atoms with Gasteiger partial charge in [0.25, 0.3) is 5.91 Å². The summed E-state index contributed by atoms with van der Waals surface area (Å²) in [5.74, 6) is -1.33. The number of nitrogens with zero attached hydrogens (tertiary/aromatic N) is 1. The van der Waals surface area contributed by atoms with Crippen molar-refractivity contribution in [3.8, 4) is 0 Å². The van der Waals surface area contributed by atoms with E-state index in [2.05, 4.69) is 15.9 Å². The molecule has 1 saturated heterocycles. The molecule has 0 bridgehead atoms. The smallest absolute Gasteiger partial charge is 0.266 e. The second-order valence-electron chi connectivity index (χ2n) is 3.28. The van der Waals surface area contributed by atoms with Crippen molar-refractivity contribution in [2.75, 3.05) is 6.54 Å². The molecule has 1 aliphatic heterocycles. The number of carboxylic acids is 1. The molecular weight excluding hydrogens is 342 g/mol. The summed E-state index contributed by atoms with van der Waals surface area (Å²) in [7, 11) is 0. The van der Waals surface area contributed by atoms with E-state index in [0.717, 1.165) is 16.7 Å². The highest BCUT2D eigenvalue weighted by Gasteiger charge is 2.32. The summed E-state index contributed by atoms with van der Waals surface area (Å²) in [5.41, 5.74) is 0. The quantitative estimate of drug-likeness (QED) is 0.600. The number of aliphatic carboxylic acids is 1. The van der Waals surface area contributed by atoms with Gasteiger partial charge < -0.3 is 14.3 Å². The molecular formula is C10H5BrNO4S2-. The standard InChI is InChI=1S/C10H6BrNO4S2/c11-7-2-1-5(16-7)3-6-9(15)12(4-8(13)14)10(17)18-6/h1-3H,4H2,(H,13,14)/p-1/b6-3-. The van der Waals surface area contributed by atoms with Gasteiger partial charge in [0.1, 0.15) is 10.1 Å². The van der Waals surface area contributed by atoms with E-state index in [-0.39, 0.29) is 4.32 Å². The van der Waals surface area contributed by atoms with Crippen LogP contribution in [0.1, 0.15) is 5.76 Å². The normalized spacial score (nSPS) is 17.8. The van der Waals surface area contributed by atoms with E-state index >= 15 is 0 Å². The van der Waals surface area contributed by atoms with Gasteiger partial charge >= 0.3 is 0 Å². The molecule has 0 aliphatic carbocycles. The zero-order chi connectivity index (χ0) is 13.3. The molecule has 1 amide bonds. The first-order valence-corrected chi connectivity index (χ1v) is 6.69. The number of thiocarbonyl (C=S) groups is 1. The number of carbonyl (C=O) groups is 2. The molecule has 0 aromatic carbocycles. The number of halogens is 1. The van der Waals surface area contributed by atoms with Crippen LogP contribution in [0.25, 0.3) is 6.08 Å². The molecule has 2 heterocycles. The Morgan fingerprint density at radius 2 is 2.33 bits per heavy atom. The zero-order valence-electron chi connectivity index (χ0n) is 8.71. The van der Waals surface area contributed by atoms with Crippen molar-refractivity contribution in [3.63, 3.8) is 0 Å². The number of amides is 1. The van der Waals surface area contributed by atoms with E-state index in [4.69, 9.17) is 16.6 Å². The first-order chi connectivity index (χ1) is 8.47. The van der Waals surface area contributed by atoms with Gasteiger partial charge in [-0.3, -0.25) is 9.69 Å². The van der Waals surface area contributed by atoms with Crippen molar-refractivity contribution in [2.45, 2.75) is 0 Å². The van der Waals surface area contributed by atoms with Crippen LogP contribution < -0.4 is 5.11 Å². The average Bonchev–Trinajstić information content (AvgIpc) is 2.78. The average molecular weight is 347 g/mol. The summed E-state index contributed by atoms with van der Waals surface area (Å²) in [6, 6.07) is 3.36. The Labute approximate surface area is 120 Å². The van der Waals surface area contributed by atoms with Gasteiger partial charge in [-0.1, -0.05) is 24.0 Å². The summed E-state index contributed by atoms with van der Waals surface area (Å²) >= 11 is 9.10. The molecule has 94 valence electrons. The Balaban J connectivity index is 2.22. The van der Waals surface area contributed by atoms with Crippen LogP contribution in [0.3, 0.4) is 0 Å². The van der Waals surface area contributed by atoms with Gasteiger partial charge in [0.2, 0.25) is 0 Å². The van der Waals surface area contributed by atoms with E-state index in [1.54, 1.807) is 12.1 Å². The second-order valence-corrected chi connectivity index (χ2v) is 5.74. The number of hydrogen-bond acceptors (Lipinski definition) is 6. The van der Waals surface area contributed by atoms with Crippen LogP contribution in [0.4, 0.5) is 0 Å². The van der Waals surface area contributed by atoms with E-state index in [9.17, 15) is 14.7 Å². The fourth-order valence-electron chi connectivity index (χ4n) is 1.30. The minimum Gasteiger partial charge on any atom is -0.548 e. The van der Waals surface area contributed by atoms with E-state index in [1.165, 1.54) is 6.08 Å². The van der Waals surface area contributed by atoms with Crippen molar-refractivity contribution in [3.05, 3.63) is 27.5 Å². The predicted octanol–water partition coefficient (Wildman–Crippen LogP) is 0.993. The summed E-state index contributed by atoms with van der Waals surface area (Å²) in [4.78, 5) is 23.7. The maximum Gasteiger partial charge on any atom is 0.266 e. The summed E-state index contributed by atoms with van der Waals surface area (Å²) in [6.07, 6.45) is 1.51. The van der Waals surface area contributed by atoms with Crippen LogP contribution in [0.5, 0.6) is 0 Å².